The van der Waals surface area contributed by atoms with Crippen LogP contribution in [-0.4, -0.2) is 59.0 Å². The molecule has 3 rings (SSSR count). The molecule has 0 spiro atoms. The Hall–Kier alpha value is -2.73. The molecule has 3 atom stereocenters. The van der Waals surface area contributed by atoms with Crippen LogP contribution < -0.4 is 0 Å². The molecule has 0 bridgehead atoms. The number of hydrogen-bond donors (Lipinski definition) is 1. The van der Waals surface area contributed by atoms with Gasteiger partial charge < -0.3 is 10.0 Å². The first-order valence-corrected chi connectivity index (χ1v) is 17.0. The van der Waals surface area contributed by atoms with Crippen molar-refractivity contribution in [3.8, 4) is 0 Å². The van der Waals surface area contributed by atoms with E-state index in [0.29, 0.717) is 11.8 Å². The largest absolute Gasteiger partial charge is 0.481 e. The van der Waals surface area contributed by atoms with Crippen molar-refractivity contribution in [1.29, 1.82) is 0 Å². The van der Waals surface area contributed by atoms with Gasteiger partial charge in [-0.15, -0.1) is 0 Å². The Kier molecular flexibility index (Phi) is 24.2. The maximum Gasteiger partial charge on any atom is 0.303 e. The van der Waals surface area contributed by atoms with Crippen LogP contribution in [0.3, 0.4) is 0 Å². The number of amides is 1. The van der Waals surface area contributed by atoms with E-state index in [4.69, 9.17) is 5.11 Å². The van der Waals surface area contributed by atoms with Gasteiger partial charge in [0.15, 0.2) is 0 Å². The zero-order chi connectivity index (χ0) is 35.2. The molecule has 45 heavy (non-hydrogen) atoms. The van der Waals surface area contributed by atoms with Crippen molar-refractivity contribution in [1.82, 2.24) is 9.80 Å². The third-order valence-electron chi connectivity index (χ3n) is 7.86. The molecular weight excluding hydrogens is 563 g/mol. The van der Waals surface area contributed by atoms with Gasteiger partial charge in [-0.3, -0.25) is 14.5 Å². The van der Waals surface area contributed by atoms with Crippen LogP contribution in [-0.2, 0) is 9.59 Å². The molecule has 1 aliphatic rings. The molecule has 2 aromatic carbocycles. The minimum atomic E-state index is -0.745. The second-order valence-electron chi connectivity index (χ2n) is 13.0. The fraction of sp³-hybridized carbons (Fsp3) is 0.641. The highest BCUT2D eigenvalue weighted by Gasteiger charge is 2.36. The molecule has 0 aliphatic carbocycles. The number of aryl methyl sites for hydroxylation is 3. The SMILES string of the molecule is CC.CCC(=O)O.CCCN(C=O)CCC(C)CC.Cc1ccc([C@@H]2CN(C(C)(C)C)CC2C)c(F)c1.Cc1cccc(C)c1. The van der Waals surface area contributed by atoms with Crippen molar-refractivity contribution in [3.63, 3.8) is 0 Å². The van der Waals surface area contributed by atoms with Gasteiger partial charge in [0.05, 0.1) is 0 Å². The molecule has 1 heterocycles. The molecule has 258 valence electrons. The van der Waals surface area contributed by atoms with Crippen molar-refractivity contribution in [2.24, 2.45) is 11.8 Å². The third-order valence-corrected chi connectivity index (χ3v) is 7.86. The number of carbonyl (C=O) groups excluding carboxylic acids is 1. The lowest BCUT2D eigenvalue weighted by Gasteiger charge is -2.31. The van der Waals surface area contributed by atoms with E-state index in [2.05, 4.69) is 91.5 Å². The molecule has 1 fully saturated rings. The predicted molar refractivity (Wildman–Crippen MR) is 192 cm³/mol. The number of likely N-dealkylation sites (tertiary alicyclic amines) is 1. The Morgan fingerprint density at radius 3 is 1.89 bits per heavy atom. The van der Waals surface area contributed by atoms with E-state index in [9.17, 15) is 14.0 Å². The fourth-order valence-corrected chi connectivity index (χ4v) is 4.75. The zero-order valence-electron chi connectivity index (χ0n) is 31.0. The number of nitrogens with zero attached hydrogens (tertiary/aromatic N) is 2. The Morgan fingerprint density at radius 1 is 1.00 bits per heavy atom. The molecule has 1 N–H and O–H groups in total. The van der Waals surface area contributed by atoms with Crippen LogP contribution in [0.15, 0.2) is 42.5 Å². The maximum absolute atomic E-state index is 14.1. The van der Waals surface area contributed by atoms with Crippen molar-refractivity contribution in [2.75, 3.05) is 26.2 Å². The summed E-state index contributed by atoms with van der Waals surface area (Å²) < 4.78 is 14.1. The normalized spacial score (nSPS) is 16.2. The van der Waals surface area contributed by atoms with Gasteiger partial charge in [0.25, 0.3) is 0 Å². The van der Waals surface area contributed by atoms with Crippen LogP contribution in [0.25, 0.3) is 0 Å². The van der Waals surface area contributed by atoms with Gasteiger partial charge in [-0.05, 0) is 83.4 Å². The second kappa shape index (κ2) is 24.5. The molecule has 6 heteroatoms. The molecule has 0 radical (unpaired) electrons. The van der Waals surface area contributed by atoms with Crippen molar-refractivity contribution >= 4 is 12.4 Å². The van der Waals surface area contributed by atoms with Crippen LogP contribution in [0, 0.1) is 38.4 Å². The summed E-state index contributed by atoms with van der Waals surface area (Å²) in [6.45, 7) is 31.0. The van der Waals surface area contributed by atoms with E-state index >= 15 is 0 Å². The predicted octanol–water partition coefficient (Wildman–Crippen LogP) is 10.1. The second-order valence-corrected chi connectivity index (χ2v) is 13.0. The lowest BCUT2D eigenvalue weighted by atomic mass is 9.89. The summed E-state index contributed by atoms with van der Waals surface area (Å²) in [5.41, 5.74) is 4.73. The summed E-state index contributed by atoms with van der Waals surface area (Å²) >= 11 is 0. The monoisotopic (exact) mass is 631 g/mol. The summed E-state index contributed by atoms with van der Waals surface area (Å²) in [5.74, 6) is 0.795. The van der Waals surface area contributed by atoms with Crippen molar-refractivity contribution in [2.45, 2.75) is 127 Å². The minimum Gasteiger partial charge on any atom is -0.481 e. The van der Waals surface area contributed by atoms with Gasteiger partial charge in [0.2, 0.25) is 6.41 Å². The number of carboxylic acid groups (broad SMARTS) is 1. The fourth-order valence-electron chi connectivity index (χ4n) is 4.75. The van der Waals surface area contributed by atoms with E-state index in [1.54, 1.807) is 13.0 Å². The Labute approximate surface area is 276 Å². The first-order chi connectivity index (χ1) is 21.1. The number of benzene rings is 2. The average molecular weight is 631 g/mol. The number of aliphatic carboxylic acids is 1. The maximum atomic E-state index is 14.1. The third kappa shape index (κ3) is 20.1. The van der Waals surface area contributed by atoms with Crippen molar-refractivity contribution in [3.05, 3.63) is 70.5 Å². The van der Waals surface area contributed by atoms with Crippen LogP contribution in [0.1, 0.15) is 123 Å². The average Bonchev–Trinajstić information content (AvgIpc) is 3.38. The van der Waals surface area contributed by atoms with Crippen LogP contribution in [0.4, 0.5) is 4.39 Å². The summed E-state index contributed by atoms with van der Waals surface area (Å²) in [7, 11) is 0. The van der Waals surface area contributed by atoms with E-state index < -0.39 is 5.97 Å². The topological polar surface area (TPSA) is 60.9 Å². The highest BCUT2D eigenvalue weighted by Crippen LogP contribution is 2.37. The van der Waals surface area contributed by atoms with E-state index in [-0.39, 0.29) is 17.8 Å². The van der Waals surface area contributed by atoms with E-state index in [1.165, 1.54) is 17.5 Å². The molecule has 0 saturated carbocycles. The first kappa shape index (κ1) is 44.4. The summed E-state index contributed by atoms with van der Waals surface area (Å²) in [6, 6.07) is 14.1. The summed E-state index contributed by atoms with van der Waals surface area (Å²) in [5, 5.41) is 7.72. The molecule has 2 aromatic rings. The van der Waals surface area contributed by atoms with Gasteiger partial charge in [0, 0.05) is 44.1 Å². The number of carbonyl (C=O) groups is 2. The van der Waals surface area contributed by atoms with Gasteiger partial charge >= 0.3 is 5.97 Å². The van der Waals surface area contributed by atoms with Crippen LogP contribution in [0.2, 0.25) is 0 Å². The summed E-state index contributed by atoms with van der Waals surface area (Å²) in [6.07, 6.45) is 4.58. The van der Waals surface area contributed by atoms with E-state index in [0.717, 1.165) is 62.5 Å². The lowest BCUT2D eigenvalue weighted by Crippen LogP contribution is -2.39. The van der Waals surface area contributed by atoms with Crippen LogP contribution in [0.5, 0.6) is 0 Å². The molecule has 1 saturated heterocycles. The van der Waals surface area contributed by atoms with Crippen molar-refractivity contribution < 1.29 is 19.1 Å². The number of halogens is 1. The molecule has 5 nitrogen and oxygen atoms in total. The molecular formula is C39H67FN2O3. The standard InChI is InChI=1S/C16H24FN.C10H21NO.C8H10.C3H6O2.C2H6/c1-11-6-7-13(15(17)8-11)14-10-18(9-12(14)2)16(3,4)5;1-4-7-11(9-12)8-6-10(3)5-2;1-7-4-3-5-8(2)6-7;1-2-3(4)5;1-2/h6-8,12,14H,9-10H2,1-5H3;9-10H,4-8H2,1-3H3;3-6H,1-2H3;2H2,1H3,(H,4,5);1-2H3/t12?,14-;;;;/m1..../s1. The highest BCUT2D eigenvalue weighted by molar-refractivity contribution is 5.66. The van der Waals surface area contributed by atoms with E-state index in [1.807, 2.05) is 37.8 Å². The van der Waals surface area contributed by atoms with Gasteiger partial charge in [-0.25, -0.2) is 4.39 Å². The highest BCUT2D eigenvalue weighted by atomic mass is 19.1. The minimum absolute atomic E-state index is 0.0393. The zero-order valence-corrected chi connectivity index (χ0v) is 31.0. The molecule has 1 aliphatic heterocycles. The molecule has 2 unspecified atom stereocenters. The Bertz CT molecular complexity index is 1050. The van der Waals surface area contributed by atoms with Gasteiger partial charge in [-0.2, -0.15) is 0 Å². The number of hydrogen-bond acceptors (Lipinski definition) is 3. The van der Waals surface area contributed by atoms with Gasteiger partial charge in [0.1, 0.15) is 5.82 Å². The molecule has 1 amide bonds. The lowest BCUT2D eigenvalue weighted by molar-refractivity contribution is -0.136. The number of rotatable bonds is 9. The Balaban J connectivity index is 0. The first-order valence-electron chi connectivity index (χ1n) is 17.0. The quantitative estimate of drug-likeness (QED) is 0.280. The molecule has 0 aromatic heterocycles. The smallest absolute Gasteiger partial charge is 0.303 e. The summed E-state index contributed by atoms with van der Waals surface area (Å²) in [4.78, 5) is 24.2. The van der Waals surface area contributed by atoms with Gasteiger partial charge in [-0.1, -0.05) is 102 Å². The van der Waals surface area contributed by atoms with Crippen LogP contribution >= 0.6 is 0 Å². The Morgan fingerprint density at radius 2 is 1.53 bits per heavy atom. The number of carboxylic acids is 1.